The van der Waals surface area contributed by atoms with Crippen LogP contribution in [0.4, 0.5) is 10.2 Å². The fourth-order valence-corrected chi connectivity index (χ4v) is 3.76. The van der Waals surface area contributed by atoms with E-state index >= 15 is 0 Å². The average molecular weight is 471 g/mol. The van der Waals surface area contributed by atoms with Crippen LogP contribution >= 0.6 is 7.82 Å². The Morgan fingerprint density at radius 2 is 1.97 bits per heavy atom. The van der Waals surface area contributed by atoms with E-state index in [0.29, 0.717) is 5.56 Å². The van der Waals surface area contributed by atoms with Gasteiger partial charge in [-0.15, -0.1) is 0 Å². The Labute approximate surface area is 179 Å². The molecule has 0 unspecified atom stereocenters. The quantitative estimate of drug-likeness (QED) is 0.246. The number of phosphoric acid groups is 1. The van der Waals surface area contributed by atoms with Crippen LogP contribution in [0, 0.1) is 5.82 Å². The van der Waals surface area contributed by atoms with E-state index in [9.17, 15) is 24.3 Å². The zero-order valence-corrected chi connectivity index (χ0v) is 17.1. The van der Waals surface area contributed by atoms with Crippen molar-refractivity contribution in [2.75, 3.05) is 11.9 Å². The van der Waals surface area contributed by atoms with Crippen molar-refractivity contribution in [1.29, 1.82) is 0 Å². The summed E-state index contributed by atoms with van der Waals surface area (Å²) in [5.41, 5.74) is 0.860. The summed E-state index contributed by atoms with van der Waals surface area (Å²) in [6.45, 7) is -0.480. The van der Waals surface area contributed by atoms with Gasteiger partial charge in [-0.25, -0.2) is 23.9 Å². The molecule has 1 aliphatic heterocycles. The van der Waals surface area contributed by atoms with Crippen LogP contribution in [-0.2, 0) is 15.8 Å². The number of phosphoric ester groups is 1. The first-order chi connectivity index (χ1) is 15.2. The van der Waals surface area contributed by atoms with Gasteiger partial charge in [-0.2, -0.15) is 0 Å². The van der Waals surface area contributed by atoms with Gasteiger partial charge in [0.2, 0.25) is 0 Å². The summed E-state index contributed by atoms with van der Waals surface area (Å²) in [6, 6.07) is 3.25. The molecule has 1 saturated heterocycles. The van der Waals surface area contributed by atoms with Crippen LogP contribution in [0.5, 0.6) is 5.75 Å². The standard InChI is InChI=1S/C17H19FN5O8P/c18-9-1-8(2-10(3-9)31-32(27,28)29)4-19-15-12-16(21-6-20-15)23(7-22-12)17-14(26)13(25)11(5-24)30-17/h1-3,6-7,11,13-14,17,24-26H,4-5H2,(H,19,20,21)(H2,27,28,29)/t11-,13-,14-,17-/m1/s1. The number of aromatic nitrogens is 4. The van der Waals surface area contributed by atoms with Crippen molar-refractivity contribution >= 4 is 24.8 Å². The number of rotatable bonds is 7. The fraction of sp³-hybridized carbons (Fsp3) is 0.353. The molecular formula is C17H19FN5O8P. The molecule has 0 saturated carbocycles. The lowest BCUT2D eigenvalue weighted by Crippen LogP contribution is -2.33. The Morgan fingerprint density at radius 3 is 2.66 bits per heavy atom. The van der Waals surface area contributed by atoms with Gasteiger partial charge < -0.3 is 29.9 Å². The maximum absolute atomic E-state index is 13.8. The number of hydrogen-bond donors (Lipinski definition) is 6. The number of fused-ring (bicyclic) bond motifs is 1. The molecule has 172 valence electrons. The minimum Gasteiger partial charge on any atom is -0.404 e. The van der Waals surface area contributed by atoms with Crippen molar-refractivity contribution in [2.45, 2.75) is 31.1 Å². The minimum absolute atomic E-state index is 0.00209. The first-order valence-electron chi connectivity index (χ1n) is 9.25. The number of benzene rings is 1. The van der Waals surface area contributed by atoms with E-state index in [1.807, 2.05) is 0 Å². The van der Waals surface area contributed by atoms with Crippen molar-refractivity contribution in [3.05, 3.63) is 42.2 Å². The van der Waals surface area contributed by atoms with Crippen LogP contribution in [0.1, 0.15) is 11.8 Å². The molecule has 32 heavy (non-hydrogen) atoms. The molecule has 0 radical (unpaired) electrons. The first kappa shape index (κ1) is 22.5. The van der Waals surface area contributed by atoms with E-state index in [1.165, 1.54) is 23.3 Å². The number of hydrogen-bond acceptors (Lipinski definition) is 10. The van der Waals surface area contributed by atoms with Gasteiger partial charge in [0, 0.05) is 12.6 Å². The molecule has 0 bridgehead atoms. The van der Waals surface area contributed by atoms with Crippen LogP contribution in [0.15, 0.2) is 30.9 Å². The highest BCUT2D eigenvalue weighted by Gasteiger charge is 2.44. The third-order valence-electron chi connectivity index (χ3n) is 4.77. The third kappa shape index (κ3) is 4.56. The number of halogens is 1. The van der Waals surface area contributed by atoms with E-state index in [4.69, 9.17) is 14.5 Å². The SMILES string of the molecule is O=P(O)(O)Oc1cc(F)cc(CNc2ncnc3c2ncn3[C@@H]2O[C@H](CO)[C@@H](O)[C@H]2O)c1. The van der Waals surface area contributed by atoms with Gasteiger partial charge in [-0.3, -0.25) is 14.4 Å². The Balaban J connectivity index is 1.56. The summed E-state index contributed by atoms with van der Waals surface area (Å²) < 4.78 is 36.1. The molecule has 1 aliphatic rings. The predicted octanol–water partition coefficient (Wildman–Crippen LogP) is -0.340. The highest BCUT2D eigenvalue weighted by atomic mass is 31.2. The molecule has 15 heteroatoms. The number of nitrogens with one attached hydrogen (secondary N) is 1. The number of imidazole rings is 1. The third-order valence-corrected chi connectivity index (χ3v) is 5.21. The average Bonchev–Trinajstić information content (AvgIpc) is 3.26. The summed E-state index contributed by atoms with van der Waals surface area (Å²) in [4.78, 5) is 30.2. The number of aliphatic hydroxyl groups is 3. The molecule has 13 nitrogen and oxygen atoms in total. The maximum atomic E-state index is 13.8. The van der Waals surface area contributed by atoms with Crippen LogP contribution in [0.25, 0.3) is 11.2 Å². The Kier molecular flexibility index (Phi) is 6.09. The molecule has 3 aromatic rings. The largest absolute Gasteiger partial charge is 0.524 e. The molecular weight excluding hydrogens is 452 g/mol. The lowest BCUT2D eigenvalue weighted by atomic mass is 10.1. The van der Waals surface area contributed by atoms with E-state index in [2.05, 4.69) is 24.8 Å². The van der Waals surface area contributed by atoms with Crippen molar-refractivity contribution < 1.29 is 43.3 Å². The molecule has 0 amide bonds. The number of ether oxygens (including phenoxy) is 1. The normalized spacial score (nSPS) is 23.6. The second-order valence-electron chi connectivity index (χ2n) is 7.01. The molecule has 6 N–H and O–H groups in total. The van der Waals surface area contributed by atoms with Crippen molar-refractivity contribution in [3.8, 4) is 5.75 Å². The van der Waals surface area contributed by atoms with Crippen molar-refractivity contribution in [3.63, 3.8) is 0 Å². The molecule has 1 aromatic carbocycles. The predicted molar refractivity (Wildman–Crippen MR) is 105 cm³/mol. The monoisotopic (exact) mass is 471 g/mol. The van der Waals surface area contributed by atoms with E-state index in [1.54, 1.807) is 0 Å². The van der Waals surface area contributed by atoms with Crippen molar-refractivity contribution in [2.24, 2.45) is 0 Å². The van der Waals surface area contributed by atoms with Gasteiger partial charge in [0.1, 0.15) is 36.2 Å². The lowest BCUT2D eigenvalue weighted by molar-refractivity contribution is -0.0511. The van der Waals surface area contributed by atoms with E-state index < -0.39 is 44.8 Å². The molecule has 2 aromatic heterocycles. The van der Waals surface area contributed by atoms with E-state index in [-0.39, 0.29) is 29.3 Å². The molecule has 3 heterocycles. The first-order valence-corrected chi connectivity index (χ1v) is 10.8. The van der Waals surface area contributed by atoms with Gasteiger partial charge >= 0.3 is 7.82 Å². The van der Waals surface area contributed by atoms with Crippen LogP contribution in [0.3, 0.4) is 0 Å². The van der Waals surface area contributed by atoms with Crippen LogP contribution < -0.4 is 9.84 Å². The zero-order chi connectivity index (χ0) is 23.0. The number of aliphatic hydroxyl groups excluding tert-OH is 3. The lowest BCUT2D eigenvalue weighted by Gasteiger charge is -2.16. The molecule has 0 spiro atoms. The smallest absolute Gasteiger partial charge is 0.404 e. The zero-order valence-electron chi connectivity index (χ0n) is 16.2. The van der Waals surface area contributed by atoms with Gasteiger partial charge in [0.25, 0.3) is 0 Å². The number of nitrogens with zero attached hydrogens (tertiary/aromatic N) is 4. The summed E-state index contributed by atoms with van der Waals surface area (Å²) >= 11 is 0. The van der Waals surface area contributed by atoms with Gasteiger partial charge in [-0.05, 0) is 17.7 Å². The molecule has 4 atom stereocenters. The molecule has 4 rings (SSSR count). The maximum Gasteiger partial charge on any atom is 0.524 e. The van der Waals surface area contributed by atoms with Gasteiger partial charge in [0.05, 0.1) is 12.9 Å². The van der Waals surface area contributed by atoms with Crippen LogP contribution in [-0.4, -0.2) is 69.5 Å². The van der Waals surface area contributed by atoms with E-state index in [0.717, 1.165) is 12.1 Å². The Hall–Kier alpha value is -2.71. The van der Waals surface area contributed by atoms with Crippen molar-refractivity contribution in [1.82, 2.24) is 19.5 Å². The highest BCUT2D eigenvalue weighted by Crippen LogP contribution is 2.38. The molecule has 1 fully saturated rings. The summed E-state index contributed by atoms with van der Waals surface area (Å²) in [6.07, 6.45) is -2.07. The highest BCUT2D eigenvalue weighted by molar-refractivity contribution is 7.46. The Morgan fingerprint density at radius 1 is 1.19 bits per heavy atom. The summed E-state index contributed by atoms with van der Waals surface area (Å²) in [7, 11) is -4.85. The summed E-state index contributed by atoms with van der Waals surface area (Å²) in [5, 5.41) is 32.4. The van der Waals surface area contributed by atoms with Gasteiger partial charge in [0.15, 0.2) is 23.2 Å². The summed E-state index contributed by atoms with van der Waals surface area (Å²) in [5.74, 6) is -0.840. The second kappa shape index (κ2) is 8.67. The minimum atomic E-state index is -4.85. The van der Waals surface area contributed by atoms with Crippen LogP contribution in [0.2, 0.25) is 0 Å². The fourth-order valence-electron chi connectivity index (χ4n) is 3.38. The number of anilines is 1. The topological polar surface area (TPSA) is 192 Å². The molecule has 0 aliphatic carbocycles. The van der Waals surface area contributed by atoms with Gasteiger partial charge in [-0.1, -0.05) is 0 Å². The second-order valence-corrected chi connectivity index (χ2v) is 8.17. The Bertz CT molecular complexity index is 1170.